The lowest BCUT2D eigenvalue weighted by Gasteiger charge is -2.06. The summed E-state index contributed by atoms with van der Waals surface area (Å²) in [4.78, 5) is 22.9. The first-order valence-electron chi connectivity index (χ1n) is 8.39. The Hall–Kier alpha value is -3.32. The quantitative estimate of drug-likeness (QED) is 0.222. The van der Waals surface area contributed by atoms with Crippen LogP contribution in [0.15, 0.2) is 66.3 Å². The fourth-order valence-electron chi connectivity index (χ4n) is 1.88. The SMILES string of the molecule is C#CC(=CC=C(C)c1ccc(OC(=O)C(=C)C)cc1)CCOC(=O)C(=C)C. The predicted octanol–water partition coefficient (Wildman–Crippen LogP) is 4.64. The molecule has 140 valence electrons. The third-order valence-electron chi connectivity index (χ3n) is 3.54. The third kappa shape index (κ3) is 7.62. The van der Waals surface area contributed by atoms with E-state index in [0.29, 0.717) is 23.3 Å². The van der Waals surface area contributed by atoms with Crippen LogP contribution in [0.2, 0.25) is 0 Å². The highest BCUT2D eigenvalue weighted by Crippen LogP contribution is 2.19. The van der Waals surface area contributed by atoms with Crippen molar-refractivity contribution in [2.24, 2.45) is 0 Å². The van der Waals surface area contributed by atoms with E-state index in [1.165, 1.54) is 0 Å². The fraction of sp³-hybridized carbons (Fsp3) is 0.217. The Balaban J connectivity index is 2.73. The molecule has 0 spiro atoms. The summed E-state index contributed by atoms with van der Waals surface area (Å²) in [5.41, 5.74) is 3.37. The van der Waals surface area contributed by atoms with E-state index in [0.717, 1.165) is 16.7 Å². The highest BCUT2D eigenvalue weighted by atomic mass is 16.5. The molecule has 0 atom stereocenters. The van der Waals surface area contributed by atoms with E-state index in [-0.39, 0.29) is 6.61 Å². The molecule has 0 N–H and O–H groups in total. The van der Waals surface area contributed by atoms with Crippen molar-refractivity contribution >= 4 is 17.5 Å². The second-order valence-corrected chi connectivity index (χ2v) is 6.05. The zero-order valence-electron chi connectivity index (χ0n) is 16.0. The lowest BCUT2D eigenvalue weighted by Crippen LogP contribution is -2.07. The van der Waals surface area contributed by atoms with Gasteiger partial charge in [-0.3, -0.25) is 0 Å². The molecule has 0 aliphatic rings. The number of hydrogen-bond donors (Lipinski definition) is 0. The summed E-state index contributed by atoms with van der Waals surface area (Å²) in [5.74, 6) is 2.17. The number of esters is 2. The molecule has 1 rings (SSSR count). The van der Waals surface area contributed by atoms with Gasteiger partial charge in [-0.15, -0.1) is 6.42 Å². The van der Waals surface area contributed by atoms with Gasteiger partial charge < -0.3 is 9.47 Å². The summed E-state index contributed by atoms with van der Waals surface area (Å²) < 4.78 is 10.2. The summed E-state index contributed by atoms with van der Waals surface area (Å²) in [6.07, 6.45) is 9.67. The van der Waals surface area contributed by atoms with Crippen molar-refractivity contribution in [3.05, 3.63) is 71.9 Å². The maximum absolute atomic E-state index is 11.5. The van der Waals surface area contributed by atoms with Crippen molar-refractivity contribution in [3.8, 4) is 18.1 Å². The van der Waals surface area contributed by atoms with Crippen molar-refractivity contribution in [2.75, 3.05) is 6.61 Å². The Morgan fingerprint density at radius 1 is 1.04 bits per heavy atom. The van der Waals surface area contributed by atoms with E-state index < -0.39 is 11.9 Å². The number of benzene rings is 1. The van der Waals surface area contributed by atoms with Crippen LogP contribution in [-0.4, -0.2) is 18.5 Å². The van der Waals surface area contributed by atoms with Gasteiger partial charge in [-0.25, -0.2) is 9.59 Å². The highest BCUT2D eigenvalue weighted by molar-refractivity contribution is 5.88. The zero-order chi connectivity index (χ0) is 20.4. The maximum Gasteiger partial charge on any atom is 0.338 e. The minimum absolute atomic E-state index is 0.206. The van der Waals surface area contributed by atoms with Gasteiger partial charge in [-0.05, 0) is 44.0 Å². The molecule has 0 heterocycles. The van der Waals surface area contributed by atoms with Crippen LogP contribution in [0.5, 0.6) is 5.75 Å². The molecule has 0 saturated carbocycles. The number of hydrogen-bond acceptors (Lipinski definition) is 4. The monoisotopic (exact) mass is 364 g/mol. The van der Waals surface area contributed by atoms with E-state index in [1.807, 2.05) is 31.2 Å². The smallest absolute Gasteiger partial charge is 0.338 e. The van der Waals surface area contributed by atoms with E-state index in [1.54, 1.807) is 26.0 Å². The van der Waals surface area contributed by atoms with Gasteiger partial charge in [0.1, 0.15) is 5.75 Å². The number of carbonyl (C=O) groups is 2. The Labute approximate surface area is 160 Å². The molecule has 0 amide bonds. The van der Waals surface area contributed by atoms with E-state index in [2.05, 4.69) is 19.1 Å². The van der Waals surface area contributed by atoms with Crippen molar-refractivity contribution in [2.45, 2.75) is 27.2 Å². The van der Waals surface area contributed by atoms with Crippen LogP contribution < -0.4 is 4.74 Å². The Bertz CT molecular complexity index is 830. The largest absolute Gasteiger partial charge is 0.462 e. The second-order valence-electron chi connectivity index (χ2n) is 6.05. The normalized spacial score (nSPS) is 11.3. The molecule has 4 nitrogen and oxygen atoms in total. The van der Waals surface area contributed by atoms with Crippen LogP contribution in [0.25, 0.3) is 5.57 Å². The lowest BCUT2D eigenvalue weighted by molar-refractivity contribution is -0.138. The highest BCUT2D eigenvalue weighted by Gasteiger charge is 2.06. The van der Waals surface area contributed by atoms with Crippen molar-refractivity contribution in [1.29, 1.82) is 0 Å². The molecule has 4 heteroatoms. The lowest BCUT2D eigenvalue weighted by atomic mass is 10.1. The van der Waals surface area contributed by atoms with Crippen molar-refractivity contribution in [3.63, 3.8) is 0 Å². The van der Waals surface area contributed by atoms with E-state index in [4.69, 9.17) is 15.9 Å². The Morgan fingerprint density at radius 3 is 2.15 bits per heavy atom. The van der Waals surface area contributed by atoms with Crippen LogP contribution in [-0.2, 0) is 14.3 Å². The molecule has 1 aromatic rings. The summed E-state index contributed by atoms with van der Waals surface area (Å²) >= 11 is 0. The van der Waals surface area contributed by atoms with Gasteiger partial charge in [0.15, 0.2) is 0 Å². The average molecular weight is 364 g/mol. The molecule has 0 aliphatic heterocycles. The predicted molar refractivity (Wildman–Crippen MR) is 108 cm³/mol. The van der Waals surface area contributed by atoms with Crippen LogP contribution in [0.1, 0.15) is 32.8 Å². The maximum atomic E-state index is 11.5. The van der Waals surface area contributed by atoms with Gasteiger partial charge in [0, 0.05) is 23.1 Å². The van der Waals surface area contributed by atoms with E-state index in [9.17, 15) is 9.59 Å². The van der Waals surface area contributed by atoms with Gasteiger partial charge in [-0.2, -0.15) is 0 Å². The molecule has 0 fully saturated rings. The number of allylic oxidation sites excluding steroid dienone is 3. The topological polar surface area (TPSA) is 52.6 Å². The summed E-state index contributed by atoms with van der Waals surface area (Å²) in [7, 11) is 0. The zero-order valence-corrected chi connectivity index (χ0v) is 16.0. The number of carbonyl (C=O) groups excluding carboxylic acids is 2. The van der Waals surface area contributed by atoms with E-state index >= 15 is 0 Å². The fourth-order valence-corrected chi connectivity index (χ4v) is 1.88. The molecule has 0 saturated heterocycles. The Kier molecular flexibility index (Phi) is 8.55. The van der Waals surface area contributed by atoms with Gasteiger partial charge in [0.05, 0.1) is 6.61 Å². The summed E-state index contributed by atoms with van der Waals surface area (Å²) in [6, 6.07) is 7.14. The third-order valence-corrected chi connectivity index (χ3v) is 3.54. The van der Waals surface area contributed by atoms with Gasteiger partial charge in [0.2, 0.25) is 0 Å². The summed E-state index contributed by atoms with van der Waals surface area (Å²) in [6.45, 7) is 12.4. The van der Waals surface area contributed by atoms with Crippen molar-refractivity contribution < 1.29 is 19.1 Å². The van der Waals surface area contributed by atoms with Crippen molar-refractivity contribution in [1.82, 2.24) is 0 Å². The second kappa shape index (κ2) is 10.6. The molecule has 0 bridgehead atoms. The molecule has 0 radical (unpaired) electrons. The average Bonchev–Trinajstić information content (AvgIpc) is 2.64. The minimum Gasteiger partial charge on any atom is -0.462 e. The van der Waals surface area contributed by atoms with Crippen LogP contribution >= 0.6 is 0 Å². The molecular formula is C23H24O4. The summed E-state index contributed by atoms with van der Waals surface area (Å²) in [5, 5.41) is 0. The first-order chi connectivity index (χ1) is 12.7. The van der Waals surface area contributed by atoms with Crippen LogP contribution in [0.3, 0.4) is 0 Å². The molecule has 1 aromatic carbocycles. The standard InChI is InChI=1S/C23H24O4/c1-7-19(14-15-26-22(24)16(2)3)9-8-18(6)20-10-12-21(13-11-20)27-23(25)17(4)5/h1,8-13H,2,4,14-15H2,3,5-6H3. The van der Waals surface area contributed by atoms with Crippen LogP contribution in [0.4, 0.5) is 0 Å². The number of rotatable bonds is 8. The van der Waals surface area contributed by atoms with Crippen LogP contribution in [0, 0.1) is 12.3 Å². The number of terminal acetylenes is 1. The first kappa shape index (κ1) is 21.7. The first-order valence-corrected chi connectivity index (χ1v) is 8.39. The van der Waals surface area contributed by atoms with Gasteiger partial charge in [-0.1, -0.05) is 43.4 Å². The number of ether oxygens (including phenoxy) is 2. The molecule has 27 heavy (non-hydrogen) atoms. The molecule has 0 aliphatic carbocycles. The van der Waals surface area contributed by atoms with Gasteiger partial charge >= 0.3 is 11.9 Å². The Morgan fingerprint density at radius 2 is 1.63 bits per heavy atom. The molecule has 0 aromatic heterocycles. The molecule has 0 unspecified atom stereocenters. The van der Waals surface area contributed by atoms with Gasteiger partial charge in [0.25, 0.3) is 0 Å². The molecular weight excluding hydrogens is 340 g/mol. The minimum atomic E-state index is -0.455.